The van der Waals surface area contributed by atoms with E-state index in [2.05, 4.69) is 22.7 Å². The van der Waals surface area contributed by atoms with Crippen LogP contribution in [0.3, 0.4) is 0 Å². The Kier molecular flexibility index (Phi) is 3.58. The van der Waals surface area contributed by atoms with Crippen LogP contribution in [0.5, 0.6) is 0 Å². The third-order valence-electron chi connectivity index (χ3n) is 2.45. The van der Waals surface area contributed by atoms with Crippen molar-refractivity contribution >= 4 is 12.6 Å². The lowest BCUT2D eigenvalue weighted by atomic mass is 10.2. The summed E-state index contributed by atoms with van der Waals surface area (Å²) in [5, 5.41) is 4.28. The minimum Gasteiger partial charge on any atom is -0.267 e. The minimum absolute atomic E-state index is 0.0813. The highest BCUT2D eigenvalue weighted by Crippen LogP contribution is 2.13. The van der Waals surface area contributed by atoms with Gasteiger partial charge in [0.2, 0.25) is 0 Å². The van der Waals surface area contributed by atoms with E-state index in [-0.39, 0.29) is 5.56 Å². The molecule has 4 nitrogen and oxygen atoms in total. The van der Waals surface area contributed by atoms with E-state index in [0.717, 1.165) is 5.69 Å². The number of aromatic nitrogens is 3. The first kappa shape index (κ1) is 11.9. The van der Waals surface area contributed by atoms with Crippen molar-refractivity contribution in [2.75, 3.05) is 0 Å². The SMILES string of the molecule is CCn1nc(-c2ccccn2)cc(CS)c1=O. The maximum Gasteiger partial charge on any atom is 0.270 e. The van der Waals surface area contributed by atoms with Gasteiger partial charge >= 0.3 is 0 Å². The fraction of sp³-hybridized carbons (Fsp3) is 0.250. The summed E-state index contributed by atoms with van der Waals surface area (Å²) in [7, 11) is 0. The Morgan fingerprint density at radius 2 is 2.18 bits per heavy atom. The normalized spacial score (nSPS) is 10.5. The average molecular weight is 247 g/mol. The number of pyridine rings is 1. The largest absolute Gasteiger partial charge is 0.270 e. The van der Waals surface area contributed by atoms with Crippen LogP contribution >= 0.6 is 12.6 Å². The second kappa shape index (κ2) is 5.14. The molecule has 0 radical (unpaired) electrons. The predicted molar refractivity (Wildman–Crippen MR) is 70.1 cm³/mol. The Bertz CT molecular complexity index is 537. The fourth-order valence-electron chi connectivity index (χ4n) is 1.56. The molecule has 0 unspecified atom stereocenters. The molecule has 0 spiro atoms. The van der Waals surface area contributed by atoms with Crippen LogP contribution in [0.2, 0.25) is 0 Å². The highest BCUT2D eigenvalue weighted by atomic mass is 32.1. The van der Waals surface area contributed by atoms with Crippen LogP contribution in [0.4, 0.5) is 0 Å². The van der Waals surface area contributed by atoms with Crippen LogP contribution in [-0.2, 0) is 12.3 Å². The fourth-order valence-corrected chi connectivity index (χ4v) is 1.79. The molecule has 2 aromatic rings. The van der Waals surface area contributed by atoms with Gasteiger partial charge in [-0.2, -0.15) is 17.7 Å². The summed E-state index contributed by atoms with van der Waals surface area (Å²) in [5.41, 5.74) is 2.03. The summed E-state index contributed by atoms with van der Waals surface area (Å²) < 4.78 is 1.44. The van der Waals surface area contributed by atoms with Crippen molar-refractivity contribution in [1.82, 2.24) is 14.8 Å². The maximum atomic E-state index is 11.8. The zero-order chi connectivity index (χ0) is 12.3. The zero-order valence-electron chi connectivity index (χ0n) is 9.50. The quantitative estimate of drug-likeness (QED) is 0.841. The summed E-state index contributed by atoms with van der Waals surface area (Å²) in [6.07, 6.45) is 1.71. The Morgan fingerprint density at radius 1 is 1.35 bits per heavy atom. The molecule has 2 aromatic heterocycles. The molecule has 0 bridgehead atoms. The smallest absolute Gasteiger partial charge is 0.267 e. The Morgan fingerprint density at radius 3 is 2.76 bits per heavy atom. The van der Waals surface area contributed by atoms with Crippen LogP contribution < -0.4 is 5.56 Å². The van der Waals surface area contributed by atoms with Crippen LogP contribution in [0.25, 0.3) is 11.4 Å². The van der Waals surface area contributed by atoms with Crippen LogP contribution in [-0.4, -0.2) is 14.8 Å². The molecule has 0 aromatic carbocycles. The van der Waals surface area contributed by atoms with Gasteiger partial charge in [0.05, 0.1) is 5.69 Å². The molecular formula is C12H13N3OS. The van der Waals surface area contributed by atoms with E-state index in [1.807, 2.05) is 25.1 Å². The van der Waals surface area contributed by atoms with E-state index in [1.165, 1.54) is 4.68 Å². The summed E-state index contributed by atoms with van der Waals surface area (Å²) in [5.74, 6) is 0.404. The van der Waals surface area contributed by atoms with Crippen LogP contribution in [0.1, 0.15) is 12.5 Å². The maximum absolute atomic E-state index is 11.8. The molecule has 0 atom stereocenters. The monoisotopic (exact) mass is 247 g/mol. The van der Waals surface area contributed by atoms with E-state index in [1.54, 1.807) is 12.3 Å². The molecule has 0 fully saturated rings. The number of rotatable bonds is 3. The average Bonchev–Trinajstić information content (AvgIpc) is 2.40. The molecule has 0 aliphatic carbocycles. The lowest BCUT2D eigenvalue weighted by Gasteiger charge is -2.07. The van der Waals surface area contributed by atoms with E-state index in [9.17, 15) is 4.79 Å². The number of hydrogen-bond acceptors (Lipinski definition) is 4. The van der Waals surface area contributed by atoms with Gasteiger partial charge in [0.1, 0.15) is 5.69 Å². The Labute approximate surface area is 105 Å². The van der Waals surface area contributed by atoms with Crippen molar-refractivity contribution in [3.8, 4) is 11.4 Å². The highest BCUT2D eigenvalue weighted by molar-refractivity contribution is 7.79. The molecule has 17 heavy (non-hydrogen) atoms. The second-order valence-corrected chi connectivity index (χ2v) is 3.87. The van der Waals surface area contributed by atoms with Crippen LogP contribution in [0.15, 0.2) is 35.3 Å². The van der Waals surface area contributed by atoms with E-state index < -0.39 is 0 Å². The van der Waals surface area contributed by atoms with Gasteiger partial charge in [-0.3, -0.25) is 9.78 Å². The Balaban J connectivity index is 2.60. The van der Waals surface area contributed by atoms with Gasteiger partial charge in [-0.1, -0.05) is 6.07 Å². The molecular weight excluding hydrogens is 234 g/mol. The lowest BCUT2D eigenvalue weighted by molar-refractivity contribution is 0.613. The number of hydrogen-bond donors (Lipinski definition) is 1. The first-order valence-corrected chi connectivity index (χ1v) is 6.02. The standard InChI is InChI=1S/C12H13N3OS/c1-2-15-12(16)9(8-17)7-11(14-15)10-5-3-4-6-13-10/h3-7,17H,2,8H2,1H3. The van der Waals surface area contributed by atoms with Crippen molar-refractivity contribution in [2.24, 2.45) is 0 Å². The molecule has 2 heterocycles. The van der Waals surface area contributed by atoms with Crippen molar-refractivity contribution in [1.29, 1.82) is 0 Å². The summed E-state index contributed by atoms with van der Waals surface area (Å²) in [6, 6.07) is 7.36. The van der Waals surface area contributed by atoms with Crippen molar-refractivity contribution in [2.45, 2.75) is 19.2 Å². The van der Waals surface area contributed by atoms with Gasteiger partial charge in [-0.05, 0) is 25.1 Å². The number of nitrogens with zero attached hydrogens (tertiary/aromatic N) is 3. The van der Waals surface area contributed by atoms with Gasteiger partial charge in [0.25, 0.3) is 5.56 Å². The van der Waals surface area contributed by atoms with Gasteiger partial charge in [0.15, 0.2) is 0 Å². The van der Waals surface area contributed by atoms with E-state index >= 15 is 0 Å². The molecule has 0 aliphatic heterocycles. The third-order valence-corrected chi connectivity index (χ3v) is 2.79. The summed E-state index contributed by atoms with van der Waals surface area (Å²) >= 11 is 4.16. The van der Waals surface area contributed by atoms with Gasteiger partial charge in [-0.15, -0.1) is 0 Å². The van der Waals surface area contributed by atoms with Crippen LogP contribution in [0, 0.1) is 0 Å². The third kappa shape index (κ3) is 2.39. The molecule has 0 N–H and O–H groups in total. The summed E-state index contributed by atoms with van der Waals surface area (Å²) in [4.78, 5) is 16.1. The predicted octanol–water partition coefficient (Wildman–Crippen LogP) is 1.75. The molecule has 0 amide bonds. The van der Waals surface area contributed by atoms with Crippen molar-refractivity contribution in [3.05, 3.63) is 46.4 Å². The van der Waals surface area contributed by atoms with E-state index in [0.29, 0.717) is 23.6 Å². The van der Waals surface area contributed by atoms with Gasteiger partial charge in [0, 0.05) is 24.1 Å². The molecule has 0 saturated heterocycles. The molecule has 5 heteroatoms. The summed E-state index contributed by atoms with van der Waals surface area (Å²) in [6.45, 7) is 2.43. The molecule has 0 saturated carbocycles. The molecule has 0 aliphatic rings. The van der Waals surface area contributed by atoms with Crippen molar-refractivity contribution < 1.29 is 0 Å². The Hall–Kier alpha value is -1.62. The number of thiol groups is 1. The van der Waals surface area contributed by atoms with Gasteiger partial charge < -0.3 is 0 Å². The minimum atomic E-state index is -0.0813. The van der Waals surface area contributed by atoms with Gasteiger partial charge in [-0.25, -0.2) is 4.68 Å². The topological polar surface area (TPSA) is 47.8 Å². The van der Waals surface area contributed by atoms with Crippen molar-refractivity contribution in [3.63, 3.8) is 0 Å². The second-order valence-electron chi connectivity index (χ2n) is 3.55. The van der Waals surface area contributed by atoms with E-state index in [4.69, 9.17) is 0 Å². The first-order chi connectivity index (χ1) is 8.26. The molecule has 2 rings (SSSR count). The highest BCUT2D eigenvalue weighted by Gasteiger charge is 2.08. The lowest BCUT2D eigenvalue weighted by Crippen LogP contribution is -2.25. The zero-order valence-corrected chi connectivity index (χ0v) is 10.4. The first-order valence-electron chi connectivity index (χ1n) is 5.39. The number of aryl methyl sites for hydroxylation is 1. The molecule has 88 valence electrons.